The van der Waals surface area contributed by atoms with Gasteiger partial charge in [-0.15, -0.1) is 0 Å². The minimum Gasteiger partial charge on any atom is -0.454 e. The van der Waals surface area contributed by atoms with E-state index in [4.69, 9.17) is 9.47 Å². The zero-order valence-corrected chi connectivity index (χ0v) is 12.7. The molecule has 3 rings (SSSR count). The fraction of sp³-hybridized carbons (Fsp3) is 0.308. The van der Waals surface area contributed by atoms with Crippen LogP contribution < -0.4 is 25.1 Å². The van der Waals surface area contributed by atoms with Gasteiger partial charge in [-0.1, -0.05) is 4.68 Å². The molecule has 0 spiro atoms. The van der Waals surface area contributed by atoms with E-state index in [0.717, 1.165) is 11.8 Å². The summed E-state index contributed by atoms with van der Waals surface area (Å²) >= 11 is 1.11. The Hall–Kier alpha value is -2.42. The van der Waals surface area contributed by atoms with Gasteiger partial charge < -0.3 is 14.8 Å². The molecule has 9 heteroatoms. The molecule has 1 aromatic heterocycles. The Kier molecular flexibility index (Phi) is 3.80. The second-order valence-corrected chi connectivity index (χ2v) is 5.99. The summed E-state index contributed by atoms with van der Waals surface area (Å²) in [5.74, 6) is 1.01. The van der Waals surface area contributed by atoms with Crippen LogP contribution in [0.1, 0.15) is 6.92 Å². The second-order valence-electron chi connectivity index (χ2n) is 4.66. The molecule has 0 saturated carbocycles. The van der Waals surface area contributed by atoms with Crippen molar-refractivity contribution in [3.05, 3.63) is 28.6 Å². The quantitative estimate of drug-likeness (QED) is 0.633. The first kappa shape index (κ1) is 14.5. The lowest BCUT2D eigenvalue weighted by Gasteiger charge is -2.09. The van der Waals surface area contributed by atoms with E-state index >= 15 is 0 Å². The van der Waals surface area contributed by atoms with Crippen molar-refractivity contribution in [3.8, 4) is 11.5 Å². The summed E-state index contributed by atoms with van der Waals surface area (Å²) in [6.07, 6.45) is 0. The predicted octanol–water partition coefficient (Wildman–Crippen LogP) is 0.640. The fourth-order valence-corrected chi connectivity index (χ4v) is 2.73. The van der Waals surface area contributed by atoms with Gasteiger partial charge in [0.2, 0.25) is 12.7 Å². The van der Waals surface area contributed by atoms with Crippen molar-refractivity contribution in [1.82, 2.24) is 5.27 Å². The average Bonchev–Trinajstić information content (AvgIpc) is 3.08. The monoisotopic (exact) mass is 324 g/mol. The van der Waals surface area contributed by atoms with Gasteiger partial charge in [-0.2, -0.15) is 0 Å². The highest BCUT2D eigenvalue weighted by atomic mass is 32.2. The number of nitrogens with zero attached hydrogens (tertiary/aromatic N) is 1. The molecule has 8 nitrogen and oxygen atoms in total. The zero-order chi connectivity index (χ0) is 15.7. The van der Waals surface area contributed by atoms with E-state index in [0.29, 0.717) is 22.2 Å². The number of carbonyl (C=O) groups is 1. The summed E-state index contributed by atoms with van der Waals surface area (Å²) in [6.45, 7) is 1.89. The van der Waals surface area contributed by atoms with Crippen molar-refractivity contribution < 1.29 is 23.5 Å². The van der Waals surface area contributed by atoms with Crippen LogP contribution in [0.15, 0.2) is 32.5 Å². The van der Waals surface area contributed by atoms with Crippen molar-refractivity contribution >= 4 is 23.4 Å². The number of aromatic amines is 1. The molecule has 0 radical (unpaired) electrons. The molecular weight excluding hydrogens is 310 g/mol. The molecule has 1 amide bonds. The molecule has 2 aromatic rings. The van der Waals surface area contributed by atoms with Crippen LogP contribution in [-0.4, -0.2) is 23.2 Å². The van der Waals surface area contributed by atoms with E-state index in [9.17, 15) is 9.59 Å². The molecular formula is C13H14N3O5S+. The van der Waals surface area contributed by atoms with Gasteiger partial charge in [0.25, 0.3) is 0 Å². The predicted molar refractivity (Wildman–Crippen MR) is 77.0 cm³/mol. The first-order valence-corrected chi connectivity index (χ1v) is 7.37. The maximum absolute atomic E-state index is 12.2. The topological polar surface area (TPSA) is 97.4 Å². The summed E-state index contributed by atoms with van der Waals surface area (Å²) in [5.41, 5.74) is 0.0995. The van der Waals surface area contributed by atoms with Gasteiger partial charge in [0.1, 0.15) is 0 Å². The molecule has 0 bridgehead atoms. The van der Waals surface area contributed by atoms with Gasteiger partial charge in [-0.3, -0.25) is 9.32 Å². The third-order valence-electron chi connectivity index (χ3n) is 3.05. The molecule has 0 fully saturated rings. The molecule has 2 heterocycles. The van der Waals surface area contributed by atoms with Gasteiger partial charge in [-0.05, 0) is 36.1 Å². The average molecular weight is 324 g/mol. The maximum atomic E-state index is 12.2. The molecule has 1 aromatic carbocycles. The van der Waals surface area contributed by atoms with E-state index in [1.165, 1.54) is 4.68 Å². The molecule has 0 aliphatic carbocycles. The smallest absolute Gasteiger partial charge is 0.441 e. The number of benzene rings is 1. The number of fused-ring (bicyclic) bond motifs is 1. The van der Waals surface area contributed by atoms with E-state index in [1.54, 1.807) is 32.2 Å². The number of rotatable bonds is 4. The van der Waals surface area contributed by atoms with Crippen LogP contribution in [-0.2, 0) is 11.8 Å². The number of aromatic nitrogens is 2. The standard InChI is InChI=1S/C13H13N3O5S/c1-7(22-12-13(18)21-15-16(12)2)11(17)14-8-3-4-9-10(5-8)20-6-19-9/h3-5,7H,6H2,1-2H3,(H-,14,15,17,18)/p+1. The number of carbonyl (C=O) groups excluding carboxylic acids is 1. The summed E-state index contributed by atoms with van der Waals surface area (Å²) in [7, 11) is 1.63. The highest BCUT2D eigenvalue weighted by Gasteiger charge is 2.25. The van der Waals surface area contributed by atoms with E-state index < -0.39 is 10.9 Å². The van der Waals surface area contributed by atoms with Gasteiger partial charge in [0.15, 0.2) is 18.5 Å². The lowest BCUT2D eigenvalue weighted by molar-refractivity contribution is -0.772. The van der Waals surface area contributed by atoms with Crippen LogP contribution in [0.4, 0.5) is 5.69 Å². The van der Waals surface area contributed by atoms with Gasteiger partial charge in [0, 0.05) is 11.8 Å². The van der Waals surface area contributed by atoms with Crippen LogP contribution in [0.3, 0.4) is 0 Å². The Balaban J connectivity index is 1.68. The Morgan fingerprint density at radius 3 is 2.91 bits per heavy atom. The molecule has 1 unspecified atom stereocenters. The third-order valence-corrected chi connectivity index (χ3v) is 4.28. The number of thioether (sulfide) groups is 1. The fourth-order valence-electron chi connectivity index (χ4n) is 1.90. The van der Waals surface area contributed by atoms with Crippen molar-refractivity contribution in [1.29, 1.82) is 0 Å². The third kappa shape index (κ3) is 2.80. The van der Waals surface area contributed by atoms with Crippen LogP contribution in [0.25, 0.3) is 0 Å². The number of ether oxygens (including phenoxy) is 2. The highest BCUT2D eigenvalue weighted by Crippen LogP contribution is 2.34. The first-order valence-electron chi connectivity index (χ1n) is 6.49. The zero-order valence-electron chi connectivity index (χ0n) is 11.9. The Labute approximate surface area is 129 Å². The Morgan fingerprint density at radius 2 is 2.18 bits per heavy atom. The number of anilines is 1. The summed E-state index contributed by atoms with van der Waals surface area (Å²) in [5, 5.41) is 5.03. The molecule has 116 valence electrons. The summed E-state index contributed by atoms with van der Waals surface area (Å²) in [4.78, 5) is 23.7. The van der Waals surface area contributed by atoms with Gasteiger partial charge in [-0.25, -0.2) is 4.79 Å². The number of nitrogens with one attached hydrogen (secondary N) is 2. The van der Waals surface area contributed by atoms with Crippen molar-refractivity contribution in [2.75, 3.05) is 12.1 Å². The minimum absolute atomic E-state index is 0.179. The van der Waals surface area contributed by atoms with Gasteiger partial charge in [0.05, 0.1) is 5.25 Å². The molecule has 22 heavy (non-hydrogen) atoms. The van der Waals surface area contributed by atoms with Crippen molar-refractivity contribution in [2.24, 2.45) is 7.05 Å². The Bertz CT molecular complexity index is 769. The number of H-pyrrole nitrogens is 1. The molecule has 2 N–H and O–H groups in total. The number of hydrogen-bond acceptors (Lipinski definition) is 6. The summed E-state index contributed by atoms with van der Waals surface area (Å²) < 4.78 is 16.5. The van der Waals surface area contributed by atoms with E-state index in [-0.39, 0.29) is 12.7 Å². The first-order chi connectivity index (χ1) is 10.5. The highest BCUT2D eigenvalue weighted by molar-refractivity contribution is 8.00. The van der Waals surface area contributed by atoms with Crippen molar-refractivity contribution in [2.45, 2.75) is 17.2 Å². The Morgan fingerprint density at radius 1 is 1.41 bits per heavy atom. The second kappa shape index (κ2) is 5.76. The lowest BCUT2D eigenvalue weighted by Crippen LogP contribution is -2.35. The van der Waals surface area contributed by atoms with Crippen LogP contribution in [0.5, 0.6) is 11.5 Å². The van der Waals surface area contributed by atoms with Crippen LogP contribution in [0.2, 0.25) is 0 Å². The van der Waals surface area contributed by atoms with Crippen LogP contribution >= 0.6 is 11.8 Å². The van der Waals surface area contributed by atoms with E-state index in [1.807, 2.05) is 0 Å². The lowest BCUT2D eigenvalue weighted by atomic mass is 10.2. The summed E-state index contributed by atoms with van der Waals surface area (Å²) in [6, 6.07) is 5.16. The maximum Gasteiger partial charge on any atom is 0.441 e. The number of amides is 1. The van der Waals surface area contributed by atoms with E-state index in [2.05, 4.69) is 15.1 Å². The number of hydrogen-bond donors (Lipinski definition) is 2. The minimum atomic E-state index is -0.504. The molecule has 1 aliphatic rings. The number of aryl methyl sites for hydroxylation is 1. The van der Waals surface area contributed by atoms with Gasteiger partial charge >= 0.3 is 10.7 Å². The molecule has 0 saturated heterocycles. The van der Waals surface area contributed by atoms with Crippen molar-refractivity contribution in [3.63, 3.8) is 0 Å². The SMILES string of the molecule is CC(Sc1c(=O)o[nH][n+]1C)C(=O)Nc1ccc2c(c1)OCO2. The molecule has 1 atom stereocenters. The molecule has 1 aliphatic heterocycles. The van der Waals surface area contributed by atoms with Crippen LogP contribution in [0, 0.1) is 0 Å². The normalized spacial score (nSPS) is 13.9. The largest absolute Gasteiger partial charge is 0.454 e.